The quantitative estimate of drug-likeness (QED) is 0.781. The van der Waals surface area contributed by atoms with Crippen molar-refractivity contribution in [1.82, 2.24) is 4.90 Å². The van der Waals surface area contributed by atoms with Crippen molar-refractivity contribution in [3.05, 3.63) is 35.9 Å². The van der Waals surface area contributed by atoms with Gasteiger partial charge in [-0.3, -0.25) is 4.90 Å². The third-order valence-corrected chi connectivity index (χ3v) is 3.14. The number of carbonyl (C=O) groups excluding carboxylic acids is 2. The lowest BCUT2D eigenvalue weighted by Crippen LogP contribution is -2.31. The summed E-state index contributed by atoms with van der Waals surface area (Å²) >= 11 is 0. The molecule has 0 unspecified atom stereocenters. The van der Waals surface area contributed by atoms with Gasteiger partial charge in [0.2, 0.25) is 6.10 Å². The van der Waals surface area contributed by atoms with Crippen LogP contribution in [0.15, 0.2) is 30.3 Å². The first-order valence-corrected chi connectivity index (χ1v) is 6.32. The molecule has 0 aromatic heterocycles. The van der Waals surface area contributed by atoms with Crippen LogP contribution in [-0.2, 0) is 14.3 Å². The van der Waals surface area contributed by atoms with Gasteiger partial charge in [0.1, 0.15) is 0 Å². The Morgan fingerprint density at radius 2 is 2.16 bits per heavy atom. The lowest BCUT2D eigenvalue weighted by Gasteiger charge is -2.21. The van der Waals surface area contributed by atoms with E-state index in [1.807, 2.05) is 37.3 Å². The molecule has 5 heteroatoms. The van der Waals surface area contributed by atoms with Crippen LogP contribution >= 0.6 is 0 Å². The van der Waals surface area contributed by atoms with E-state index in [0.717, 1.165) is 5.56 Å². The van der Waals surface area contributed by atoms with Gasteiger partial charge in [0, 0.05) is 0 Å². The average molecular weight is 263 g/mol. The van der Waals surface area contributed by atoms with Crippen molar-refractivity contribution >= 4 is 12.1 Å². The van der Waals surface area contributed by atoms with Crippen molar-refractivity contribution in [2.24, 2.45) is 0 Å². The smallest absolute Gasteiger partial charge is 0.411 e. The van der Waals surface area contributed by atoms with Gasteiger partial charge in [-0.25, -0.2) is 9.59 Å². The molecule has 5 nitrogen and oxygen atoms in total. The molecule has 1 amide bonds. The van der Waals surface area contributed by atoms with Gasteiger partial charge in [0.15, 0.2) is 0 Å². The molecule has 1 fully saturated rings. The van der Waals surface area contributed by atoms with E-state index in [0.29, 0.717) is 0 Å². The topological polar surface area (TPSA) is 55.8 Å². The van der Waals surface area contributed by atoms with Gasteiger partial charge < -0.3 is 9.47 Å². The van der Waals surface area contributed by atoms with Crippen LogP contribution in [0.1, 0.15) is 25.5 Å². The van der Waals surface area contributed by atoms with Crippen LogP contribution in [0.2, 0.25) is 0 Å². The number of hydrogen-bond donors (Lipinski definition) is 0. The Balaban J connectivity index is 2.06. The van der Waals surface area contributed by atoms with Crippen molar-refractivity contribution in [2.75, 3.05) is 13.2 Å². The molecule has 0 aliphatic carbocycles. The SMILES string of the molecule is CCOC(=O)[C@H]1CN([C@H](C)c2ccccc2)C(=O)O1. The lowest BCUT2D eigenvalue weighted by atomic mass is 10.1. The molecule has 0 radical (unpaired) electrons. The van der Waals surface area contributed by atoms with Crippen LogP contribution < -0.4 is 0 Å². The Bertz CT molecular complexity index is 460. The molecular formula is C14H17NO4. The summed E-state index contributed by atoms with van der Waals surface area (Å²) < 4.78 is 9.91. The molecule has 1 aromatic rings. The van der Waals surface area contributed by atoms with Gasteiger partial charge in [-0.15, -0.1) is 0 Å². The number of carbonyl (C=O) groups is 2. The summed E-state index contributed by atoms with van der Waals surface area (Å²) in [5.74, 6) is -0.487. The molecule has 0 bridgehead atoms. The molecule has 19 heavy (non-hydrogen) atoms. The summed E-state index contributed by atoms with van der Waals surface area (Å²) in [7, 11) is 0. The van der Waals surface area contributed by atoms with E-state index in [4.69, 9.17) is 9.47 Å². The van der Waals surface area contributed by atoms with Gasteiger partial charge in [0.25, 0.3) is 0 Å². The van der Waals surface area contributed by atoms with Crippen molar-refractivity contribution in [2.45, 2.75) is 26.0 Å². The zero-order valence-electron chi connectivity index (χ0n) is 11.0. The van der Waals surface area contributed by atoms with Crippen molar-refractivity contribution < 1.29 is 19.1 Å². The van der Waals surface area contributed by atoms with Crippen LogP contribution in [0.4, 0.5) is 4.79 Å². The van der Waals surface area contributed by atoms with E-state index >= 15 is 0 Å². The van der Waals surface area contributed by atoms with Crippen molar-refractivity contribution in [1.29, 1.82) is 0 Å². The molecule has 0 N–H and O–H groups in total. The molecular weight excluding hydrogens is 246 g/mol. The zero-order chi connectivity index (χ0) is 13.8. The Kier molecular flexibility index (Phi) is 4.04. The third kappa shape index (κ3) is 2.86. The molecule has 1 heterocycles. The first kappa shape index (κ1) is 13.4. The second-order valence-corrected chi connectivity index (χ2v) is 4.36. The molecule has 102 valence electrons. The van der Waals surface area contributed by atoms with Gasteiger partial charge in [-0.05, 0) is 19.4 Å². The van der Waals surface area contributed by atoms with Crippen LogP contribution in [-0.4, -0.2) is 36.2 Å². The fourth-order valence-corrected chi connectivity index (χ4v) is 2.07. The first-order valence-electron chi connectivity index (χ1n) is 6.32. The summed E-state index contributed by atoms with van der Waals surface area (Å²) in [5, 5.41) is 0. The minimum atomic E-state index is -0.821. The summed E-state index contributed by atoms with van der Waals surface area (Å²) in [6, 6.07) is 9.49. The molecule has 1 saturated heterocycles. The monoisotopic (exact) mass is 263 g/mol. The minimum absolute atomic E-state index is 0.131. The summed E-state index contributed by atoms with van der Waals surface area (Å²) in [6.45, 7) is 4.14. The number of esters is 1. The van der Waals surface area contributed by atoms with E-state index in [1.54, 1.807) is 6.92 Å². The third-order valence-electron chi connectivity index (χ3n) is 3.14. The molecule has 0 spiro atoms. The number of benzene rings is 1. The highest BCUT2D eigenvalue weighted by molar-refractivity contribution is 5.82. The molecule has 1 aliphatic heterocycles. The number of ether oxygens (including phenoxy) is 2. The van der Waals surface area contributed by atoms with Gasteiger partial charge in [-0.2, -0.15) is 0 Å². The van der Waals surface area contributed by atoms with Crippen molar-refractivity contribution in [3.8, 4) is 0 Å². The van der Waals surface area contributed by atoms with Gasteiger partial charge in [0.05, 0.1) is 19.2 Å². The number of amides is 1. The molecule has 1 aliphatic rings. The van der Waals surface area contributed by atoms with E-state index in [-0.39, 0.29) is 19.2 Å². The van der Waals surface area contributed by atoms with E-state index < -0.39 is 18.2 Å². The summed E-state index contributed by atoms with van der Waals surface area (Å²) in [4.78, 5) is 24.9. The number of nitrogens with zero attached hydrogens (tertiary/aromatic N) is 1. The maximum atomic E-state index is 11.8. The van der Waals surface area contributed by atoms with E-state index in [2.05, 4.69) is 0 Å². The standard InChI is InChI=1S/C14H17NO4/c1-3-18-13(16)12-9-15(14(17)19-12)10(2)11-7-5-4-6-8-11/h4-8,10,12H,3,9H2,1-2H3/t10-,12-/m1/s1. The first-order chi connectivity index (χ1) is 9.13. The highest BCUT2D eigenvalue weighted by Gasteiger charge is 2.39. The van der Waals surface area contributed by atoms with Crippen LogP contribution in [0.25, 0.3) is 0 Å². The van der Waals surface area contributed by atoms with Crippen molar-refractivity contribution in [3.63, 3.8) is 0 Å². The Hall–Kier alpha value is -2.04. The van der Waals surface area contributed by atoms with Crippen LogP contribution in [0.5, 0.6) is 0 Å². The Morgan fingerprint density at radius 1 is 1.47 bits per heavy atom. The van der Waals surface area contributed by atoms with Gasteiger partial charge in [-0.1, -0.05) is 30.3 Å². The average Bonchev–Trinajstić information content (AvgIpc) is 2.81. The molecule has 2 rings (SSSR count). The van der Waals surface area contributed by atoms with E-state index in [9.17, 15) is 9.59 Å². The fraction of sp³-hybridized carbons (Fsp3) is 0.429. The summed E-state index contributed by atoms with van der Waals surface area (Å²) in [6.07, 6.45) is -1.30. The van der Waals surface area contributed by atoms with Crippen LogP contribution in [0, 0.1) is 0 Å². The Labute approximate surface area is 112 Å². The normalized spacial score (nSPS) is 20.0. The largest absolute Gasteiger partial charge is 0.463 e. The predicted molar refractivity (Wildman–Crippen MR) is 68.5 cm³/mol. The van der Waals surface area contributed by atoms with Crippen LogP contribution in [0.3, 0.4) is 0 Å². The Morgan fingerprint density at radius 3 is 2.79 bits per heavy atom. The molecule has 0 saturated carbocycles. The lowest BCUT2D eigenvalue weighted by molar-refractivity contribution is -0.151. The number of rotatable bonds is 4. The van der Waals surface area contributed by atoms with Gasteiger partial charge >= 0.3 is 12.1 Å². The second kappa shape index (κ2) is 5.73. The predicted octanol–water partition coefficient (Wildman–Crippen LogP) is 2.13. The second-order valence-electron chi connectivity index (χ2n) is 4.36. The fourth-order valence-electron chi connectivity index (χ4n) is 2.07. The number of cyclic esters (lactones) is 1. The maximum Gasteiger partial charge on any atom is 0.411 e. The van der Waals surface area contributed by atoms with E-state index in [1.165, 1.54) is 4.90 Å². The highest BCUT2D eigenvalue weighted by Crippen LogP contribution is 2.25. The summed E-state index contributed by atoms with van der Waals surface area (Å²) in [5.41, 5.74) is 1.00. The molecule has 2 atom stereocenters. The minimum Gasteiger partial charge on any atom is -0.463 e. The number of hydrogen-bond acceptors (Lipinski definition) is 4. The maximum absolute atomic E-state index is 11.8. The highest BCUT2D eigenvalue weighted by atomic mass is 16.6. The zero-order valence-corrected chi connectivity index (χ0v) is 11.0. The molecule has 1 aromatic carbocycles.